The van der Waals surface area contributed by atoms with Crippen molar-refractivity contribution in [3.05, 3.63) is 53.7 Å². The van der Waals surface area contributed by atoms with E-state index in [2.05, 4.69) is 16.5 Å². The van der Waals surface area contributed by atoms with Gasteiger partial charge in [0.25, 0.3) is 0 Å². The first kappa shape index (κ1) is 13.4. The van der Waals surface area contributed by atoms with Crippen molar-refractivity contribution in [3.63, 3.8) is 0 Å². The van der Waals surface area contributed by atoms with Crippen LogP contribution in [-0.4, -0.2) is 20.6 Å². The summed E-state index contributed by atoms with van der Waals surface area (Å²) in [6, 6.07) is 9.05. The smallest absolute Gasteiger partial charge is 0.335 e. The average molecular weight is 284 g/mol. The summed E-state index contributed by atoms with van der Waals surface area (Å²) in [5, 5.41) is 9.05. The molecule has 0 saturated heterocycles. The van der Waals surface area contributed by atoms with E-state index in [1.165, 1.54) is 0 Å². The van der Waals surface area contributed by atoms with E-state index in [1.54, 1.807) is 18.4 Å². The van der Waals surface area contributed by atoms with Crippen molar-refractivity contribution in [1.29, 1.82) is 0 Å². The van der Waals surface area contributed by atoms with Crippen molar-refractivity contribution < 1.29 is 14.3 Å². The number of aryl methyl sites for hydroxylation is 1. The number of aromatic nitrogens is 2. The molecular weight excluding hydrogens is 268 g/mol. The molecule has 3 aromatic rings. The molecule has 0 amide bonds. The Hall–Kier alpha value is -2.56. The van der Waals surface area contributed by atoms with Crippen LogP contribution in [0.4, 0.5) is 0 Å². The van der Waals surface area contributed by atoms with Gasteiger partial charge in [-0.25, -0.2) is 9.78 Å². The summed E-state index contributed by atoms with van der Waals surface area (Å²) in [6.07, 6.45) is 2.43. The summed E-state index contributed by atoms with van der Waals surface area (Å²) in [5.41, 5.74) is 1.90. The number of nitrogens with zero attached hydrogens (tertiary/aromatic N) is 2. The monoisotopic (exact) mass is 284 g/mol. The van der Waals surface area contributed by atoms with Gasteiger partial charge in [-0.2, -0.15) is 0 Å². The van der Waals surface area contributed by atoms with Crippen LogP contribution in [0.15, 0.2) is 41.0 Å². The number of furan rings is 1. The summed E-state index contributed by atoms with van der Waals surface area (Å²) >= 11 is 0. The number of hydrogen-bond donors (Lipinski definition) is 1. The molecule has 0 spiro atoms. The molecule has 1 N–H and O–H groups in total. The van der Waals surface area contributed by atoms with E-state index < -0.39 is 5.97 Å². The molecule has 0 radical (unpaired) electrons. The van der Waals surface area contributed by atoms with Gasteiger partial charge in [-0.15, -0.1) is 0 Å². The minimum atomic E-state index is -0.937. The molecule has 0 fully saturated rings. The van der Waals surface area contributed by atoms with E-state index in [0.717, 1.165) is 23.5 Å². The number of fused-ring (bicyclic) bond motifs is 1. The van der Waals surface area contributed by atoms with E-state index >= 15 is 0 Å². The Morgan fingerprint density at radius 2 is 2.24 bits per heavy atom. The van der Waals surface area contributed by atoms with Crippen LogP contribution in [0.1, 0.15) is 34.9 Å². The number of hydrogen-bond acceptors (Lipinski definition) is 3. The molecule has 0 saturated carbocycles. The lowest BCUT2D eigenvalue weighted by Gasteiger charge is -2.15. The number of carbonyl (C=O) groups is 1. The second kappa shape index (κ2) is 5.09. The first-order chi connectivity index (χ1) is 10.1. The van der Waals surface area contributed by atoms with Gasteiger partial charge >= 0.3 is 5.97 Å². The zero-order valence-electron chi connectivity index (χ0n) is 11.9. The molecule has 1 unspecified atom stereocenters. The van der Waals surface area contributed by atoms with Gasteiger partial charge in [0.05, 0.1) is 22.9 Å². The number of imidazole rings is 1. The molecule has 2 heterocycles. The predicted molar refractivity (Wildman–Crippen MR) is 78.6 cm³/mol. The van der Waals surface area contributed by atoms with Crippen molar-refractivity contribution in [2.24, 2.45) is 0 Å². The van der Waals surface area contributed by atoms with Gasteiger partial charge in [-0.3, -0.25) is 0 Å². The van der Waals surface area contributed by atoms with E-state index in [0.29, 0.717) is 5.52 Å². The van der Waals surface area contributed by atoms with Crippen LogP contribution in [0.2, 0.25) is 0 Å². The second-order valence-electron chi connectivity index (χ2n) is 5.17. The maximum atomic E-state index is 11.0. The first-order valence-electron chi connectivity index (χ1n) is 6.80. The Bertz CT molecular complexity index is 787. The normalized spacial score (nSPS) is 12.7. The standard InChI is InChI=1S/C16H16N2O3/c1-10(8-13-4-3-7-21-13)18-11(2)17-14-9-12(16(19)20)5-6-15(14)18/h3-7,9-10H,8H2,1-2H3,(H,19,20). The highest BCUT2D eigenvalue weighted by atomic mass is 16.4. The molecule has 3 rings (SSSR count). The van der Waals surface area contributed by atoms with E-state index in [1.807, 2.05) is 25.1 Å². The van der Waals surface area contributed by atoms with E-state index in [4.69, 9.17) is 9.52 Å². The number of rotatable bonds is 4. The molecule has 0 aliphatic rings. The molecule has 5 nitrogen and oxygen atoms in total. The maximum Gasteiger partial charge on any atom is 0.335 e. The molecule has 1 aromatic carbocycles. The molecule has 1 atom stereocenters. The van der Waals surface area contributed by atoms with Gasteiger partial charge in [0.1, 0.15) is 11.6 Å². The zero-order chi connectivity index (χ0) is 15.0. The van der Waals surface area contributed by atoms with Gasteiger partial charge in [-0.05, 0) is 44.2 Å². The first-order valence-corrected chi connectivity index (χ1v) is 6.80. The Kier molecular flexibility index (Phi) is 3.25. The Balaban J connectivity index is 2.01. The van der Waals surface area contributed by atoms with Crippen LogP contribution in [0.25, 0.3) is 11.0 Å². The van der Waals surface area contributed by atoms with Crippen molar-refractivity contribution in [2.75, 3.05) is 0 Å². The number of aromatic carboxylic acids is 1. The molecular formula is C16H16N2O3. The van der Waals surface area contributed by atoms with E-state index in [-0.39, 0.29) is 11.6 Å². The van der Waals surface area contributed by atoms with Gasteiger partial charge in [0.15, 0.2) is 0 Å². The lowest BCUT2D eigenvalue weighted by atomic mass is 10.1. The van der Waals surface area contributed by atoms with Crippen LogP contribution in [0.3, 0.4) is 0 Å². The minimum absolute atomic E-state index is 0.178. The molecule has 0 aliphatic carbocycles. The summed E-state index contributed by atoms with van der Waals surface area (Å²) in [4.78, 5) is 15.5. The number of carboxylic acid groups (broad SMARTS) is 1. The van der Waals surface area contributed by atoms with Crippen molar-refractivity contribution >= 4 is 17.0 Å². The third kappa shape index (κ3) is 2.42. The third-order valence-corrected chi connectivity index (χ3v) is 3.63. The van der Waals surface area contributed by atoms with Gasteiger partial charge < -0.3 is 14.1 Å². The summed E-state index contributed by atoms with van der Waals surface area (Å²) in [7, 11) is 0. The molecule has 108 valence electrons. The van der Waals surface area contributed by atoms with Gasteiger partial charge in [-0.1, -0.05) is 0 Å². The van der Waals surface area contributed by atoms with Crippen LogP contribution >= 0.6 is 0 Å². The summed E-state index contributed by atoms with van der Waals surface area (Å²) < 4.78 is 7.51. The fourth-order valence-electron chi connectivity index (χ4n) is 2.72. The highest BCUT2D eigenvalue weighted by molar-refractivity contribution is 5.92. The molecule has 0 bridgehead atoms. The van der Waals surface area contributed by atoms with Crippen LogP contribution in [-0.2, 0) is 6.42 Å². The lowest BCUT2D eigenvalue weighted by Crippen LogP contribution is -2.09. The van der Waals surface area contributed by atoms with E-state index in [9.17, 15) is 4.79 Å². The largest absolute Gasteiger partial charge is 0.478 e. The number of carboxylic acids is 1. The highest BCUT2D eigenvalue weighted by Crippen LogP contribution is 2.24. The Morgan fingerprint density at radius 3 is 2.90 bits per heavy atom. The van der Waals surface area contributed by atoms with Crippen molar-refractivity contribution in [3.8, 4) is 0 Å². The highest BCUT2D eigenvalue weighted by Gasteiger charge is 2.16. The van der Waals surface area contributed by atoms with Crippen LogP contribution < -0.4 is 0 Å². The van der Waals surface area contributed by atoms with Crippen LogP contribution in [0.5, 0.6) is 0 Å². The maximum absolute atomic E-state index is 11.0. The minimum Gasteiger partial charge on any atom is -0.478 e. The molecule has 21 heavy (non-hydrogen) atoms. The fraction of sp³-hybridized carbons (Fsp3) is 0.250. The Labute approximate surface area is 121 Å². The Morgan fingerprint density at radius 1 is 1.43 bits per heavy atom. The quantitative estimate of drug-likeness (QED) is 0.796. The average Bonchev–Trinajstić information content (AvgIpc) is 3.03. The second-order valence-corrected chi connectivity index (χ2v) is 5.17. The number of benzene rings is 1. The molecule has 0 aliphatic heterocycles. The zero-order valence-corrected chi connectivity index (χ0v) is 11.9. The van der Waals surface area contributed by atoms with Crippen molar-refractivity contribution in [1.82, 2.24) is 9.55 Å². The van der Waals surface area contributed by atoms with Crippen molar-refractivity contribution in [2.45, 2.75) is 26.3 Å². The third-order valence-electron chi connectivity index (χ3n) is 3.63. The summed E-state index contributed by atoms with van der Waals surface area (Å²) in [6.45, 7) is 4.03. The predicted octanol–water partition coefficient (Wildman–Crippen LogP) is 3.44. The fourth-order valence-corrected chi connectivity index (χ4v) is 2.72. The van der Waals surface area contributed by atoms with Gasteiger partial charge in [0, 0.05) is 12.5 Å². The lowest BCUT2D eigenvalue weighted by molar-refractivity contribution is 0.0697. The SMILES string of the molecule is Cc1nc2cc(C(=O)O)ccc2n1C(C)Cc1ccco1. The molecule has 5 heteroatoms. The topological polar surface area (TPSA) is 68.3 Å². The van der Waals surface area contributed by atoms with Gasteiger partial charge in [0.2, 0.25) is 0 Å². The summed E-state index contributed by atoms with van der Waals surface area (Å²) in [5.74, 6) is 0.852. The molecule has 2 aromatic heterocycles. The van der Waals surface area contributed by atoms with Crippen LogP contribution in [0, 0.1) is 6.92 Å².